The molecule has 1 aromatic heterocycles. The first-order valence-electron chi connectivity index (χ1n) is 4.58. The molecule has 0 saturated heterocycles. The molecule has 6 nitrogen and oxygen atoms in total. The van der Waals surface area contributed by atoms with E-state index in [1.165, 1.54) is 19.2 Å². The number of anilines is 1. The Morgan fingerprint density at radius 2 is 2.18 bits per heavy atom. The van der Waals surface area contributed by atoms with Crippen molar-refractivity contribution in [2.24, 2.45) is 0 Å². The lowest BCUT2D eigenvalue weighted by atomic mass is 10.4. The summed E-state index contributed by atoms with van der Waals surface area (Å²) in [5.41, 5.74) is 0.281. The highest BCUT2D eigenvalue weighted by molar-refractivity contribution is 9.10. The number of hydrogen-bond acceptors (Lipinski definition) is 5. The lowest BCUT2D eigenvalue weighted by molar-refractivity contribution is -0.139. The number of methoxy groups -OCH3 is 1. The predicted molar refractivity (Wildman–Crippen MR) is 66.0 cm³/mol. The lowest BCUT2D eigenvalue weighted by Crippen LogP contribution is -2.33. The van der Waals surface area contributed by atoms with E-state index in [1.807, 2.05) is 0 Å². The number of carbonyl (C=O) groups excluding carboxylic acids is 1. The molecule has 1 atom stereocenters. The standard InChI is InChI=1S/C9H11BrN2O4S/c1-6(9(13)16-2)17(14,15)12-7-3-4-8(10)11-5-7/h3-6,12H,1-2H3. The van der Waals surface area contributed by atoms with Crippen molar-refractivity contribution in [1.29, 1.82) is 0 Å². The number of nitrogens with zero attached hydrogens (tertiary/aromatic N) is 1. The van der Waals surface area contributed by atoms with Crippen LogP contribution in [0.3, 0.4) is 0 Å². The van der Waals surface area contributed by atoms with Crippen LogP contribution in [0.4, 0.5) is 5.69 Å². The Kier molecular flexibility index (Phi) is 4.47. The third-order valence-corrected chi connectivity index (χ3v) is 4.10. The molecule has 0 aromatic carbocycles. The SMILES string of the molecule is COC(=O)C(C)S(=O)(=O)Nc1ccc(Br)nc1. The molecule has 1 unspecified atom stereocenters. The fourth-order valence-electron chi connectivity index (χ4n) is 0.981. The van der Waals surface area contributed by atoms with Crippen LogP contribution in [0.15, 0.2) is 22.9 Å². The third kappa shape index (κ3) is 3.67. The molecule has 0 bridgehead atoms. The van der Waals surface area contributed by atoms with Crippen LogP contribution in [-0.4, -0.2) is 31.7 Å². The quantitative estimate of drug-likeness (QED) is 0.663. The molecule has 0 aliphatic carbocycles. The number of ether oxygens (including phenoxy) is 1. The monoisotopic (exact) mass is 322 g/mol. The first kappa shape index (κ1) is 13.9. The van der Waals surface area contributed by atoms with Gasteiger partial charge in [-0.3, -0.25) is 9.52 Å². The predicted octanol–water partition coefficient (Wildman–Crippen LogP) is 1.15. The minimum atomic E-state index is -3.82. The fraction of sp³-hybridized carbons (Fsp3) is 0.333. The Morgan fingerprint density at radius 3 is 2.65 bits per heavy atom. The summed E-state index contributed by atoms with van der Waals surface area (Å²) in [6.45, 7) is 1.25. The molecule has 1 heterocycles. The van der Waals surface area contributed by atoms with Crippen molar-refractivity contribution in [2.45, 2.75) is 12.2 Å². The van der Waals surface area contributed by atoms with Crippen molar-refractivity contribution < 1.29 is 17.9 Å². The highest BCUT2D eigenvalue weighted by atomic mass is 79.9. The average molecular weight is 323 g/mol. The summed E-state index contributed by atoms with van der Waals surface area (Å²) < 4.78 is 30.7. The number of hydrogen-bond donors (Lipinski definition) is 1. The fourth-order valence-corrected chi connectivity index (χ4v) is 2.19. The number of pyridine rings is 1. The smallest absolute Gasteiger partial charge is 0.325 e. The van der Waals surface area contributed by atoms with Crippen molar-refractivity contribution in [1.82, 2.24) is 4.98 Å². The maximum atomic E-state index is 11.7. The number of carbonyl (C=O) groups is 1. The summed E-state index contributed by atoms with van der Waals surface area (Å²) in [6, 6.07) is 3.11. The van der Waals surface area contributed by atoms with Crippen LogP contribution in [0, 0.1) is 0 Å². The third-order valence-electron chi connectivity index (χ3n) is 1.99. The van der Waals surface area contributed by atoms with Gasteiger partial charge in [0.2, 0.25) is 10.0 Å². The zero-order valence-electron chi connectivity index (χ0n) is 9.18. The molecule has 0 fully saturated rings. The summed E-state index contributed by atoms with van der Waals surface area (Å²) in [5, 5.41) is -1.28. The minimum absolute atomic E-state index is 0.281. The van der Waals surface area contributed by atoms with E-state index in [9.17, 15) is 13.2 Å². The summed E-state index contributed by atoms with van der Waals surface area (Å²) in [6.07, 6.45) is 1.34. The Morgan fingerprint density at radius 1 is 1.53 bits per heavy atom. The molecule has 17 heavy (non-hydrogen) atoms. The van der Waals surface area contributed by atoms with Crippen molar-refractivity contribution in [3.8, 4) is 0 Å². The second-order valence-electron chi connectivity index (χ2n) is 3.18. The Labute approximate surface area is 108 Å². The maximum absolute atomic E-state index is 11.7. The molecule has 8 heteroatoms. The molecule has 94 valence electrons. The highest BCUT2D eigenvalue weighted by Crippen LogP contribution is 2.14. The number of nitrogens with one attached hydrogen (secondary N) is 1. The van der Waals surface area contributed by atoms with Gasteiger partial charge in [0.1, 0.15) is 4.60 Å². The molecule has 0 aliphatic rings. The molecule has 1 aromatic rings. The van der Waals surface area contributed by atoms with Crippen LogP contribution in [0.5, 0.6) is 0 Å². The van der Waals surface area contributed by atoms with Crippen LogP contribution < -0.4 is 4.72 Å². The molecule has 0 spiro atoms. The van der Waals surface area contributed by atoms with Crippen LogP contribution in [-0.2, 0) is 19.6 Å². The first-order chi connectivity index (χ1) is 7.86. The molecule has 1 rings (SSSR count). The van der Waals surface area contributed by atoms with Gasteiger partial charge >= 0.3 is 5.97 Å². The van der Waals surface area contributed by atoms with Gasteiger partial charge in [-0.15, -0.1) is 0 Å². The van der Waals surface area contributed by atoms with Gasteiger partial charge in [0, 0.05) is 0 Å². The summed E-state index contributed by atoms with van der Waals surface area (Å²) in [4.78, 5) is 15.0. The normalized spacial score (nSPS) is 12.9. The molecule has 0 radical (unpaired) electrons. The van der Waals surface area contributed by atoms with Crippen molar-refractivity contribution in [2.75, 3.05) is 11.8 Å². The van der Waals surface area contributed by atoms with E-state index in [2.05, 4.69) is 30.4 Å². The van der Waals surface area contributed by atoms with Crippen LogP contribution in [0.25, 0.3) is 0 Å². The van der Waals surface area contributed by atoms with Crippen LogP contribution in [0.2, 0.25) is 0 Å². The topological polar surface area (TPSA) is 85.4 Å². The molecule has 1 N–H and O–H groups in total. The Balaban J connectivity index is 2.86. The zero-order valence-corrected chi connectivity index (χ0v) is 11.6. The van der Waals surface area contributed by atoms with Gasteiger partial charge in [0.15, 0.2) is 5.25 Å². The largest absolute Gasteiger partial charge is 0.468 e. The van der Waals surface area contributed by atoms with E-state index in [4.69, 9.17) is 0 Å². The molecular weight excluding hydrogens is 312 g/mol. The summed E-state index contributed by atoms with van der Waals surface area (Å²) in [7, 11) is -2.68. The van der Waals surface area contributed by atoms with Gasteiger partial charge < -0.3 is 4.74 Å². The van der Waals surface area contributed by atoms with Gasteiger partial charge in [-0.1, -0.05) is 0 Å². The average Bonchev–Trinajstić information content (AvgIpc) is 2.30. The summed E-state index contributed by atoms with van der Waals surface area (Å²) >= 11 is 3.13. The van der Waals surface area contributed by atoms with Gasteiger partial charge in [0.25, 0.3) is 0 Å². The van der Waals surface area contributed by atoms with Gasteiger partial charge in [-0.05, 0) is 35.0 Å². The number of sulfonamides is 1. The van der Waals surface area contributed by atoms with E-state index in [0.717, 1.165) is 7.11 Å². The lowest BCUT2D eigenvalue weighted by Gasteiger charge is -2.12. The second-order valence-corrected chi connectivity index (χ2v) is 6.00. The van der Waals surface area contributed by atoms with E-state index in [1.54, 1.807) is 6.07 Å². The molecular formula is C9H11BrN2O4S. The van der Waals surface area contributed by atoms with Crippen LogP contribution in [0.1, 0.15) is 6.92 Å². The van der Waals surface area contributed by atoms with Gasteiger partial charge in [0.05, 0.1) is 19.0 Å². The van der Waals surface area contributed by atoms with Gasteiger partial charge in [-0.25, -0.2) is 13.4 Å². The van der Waals surface area contributed by atoms with Crippen molar-refractivity contribution in [3.63, 3.8) is 0 Å². The molecule has 0 aliphatic heterocycles. The number of esters is 1. The maximum Gasteiger partial charge on any atom is 0.325 e. The van der Waals surface area contributed by atoms with Crippen LogP contribution >= 0.6 is 15.9 Å². The minimum Gasteiger partial charge on any atom is -0.468 e. The molecule has 0 saturated carbocycles. The number of rotatable bonds is 4. The summed E-state index contributed by atoms with van der Waals surface area (Å²) in [5.74, 6) is -0.817. The highest BCUT2D eigenvalue weighted by Gasteiger charge is 2.28. The molecule has 0 amide bonds. The van der Waals surface area contributed by atoms with E-state index in [0.29, 0.717) is 4.60 Å². The Hall–Kier alpha value is -1.15. The Bertz CT molecular complexity index is 500. The van der Waals surface area contributed by atoms with E-state index in [-0.39, 0.29) is 5.69 Å². The van der Waals surface area contributed by atoms with E-state index >= 15 is 0 Å². The zero-order chi connectivity index (χ0) is 13.1. The van der Waals surface area contributed by atoms with Crippen molar-refractivity contribution in [3.05, 3.63) is 22.9 Å². The number of halogens is 1. The first-order valence-corrected chi connectivity index (χ1v) is 6.92. The van der Waals surface area contributed by atoms with Crippen molar-refractivity contribution >= 4 is 37.6 Å². The van der Waals surface area contributed by atoms with E-state index < -0.39 is 21.2 Å². The number of aromatic nitrogens is 1. The van der Waals surface area contributed by atoms with Gasteiger partial charge in [-0.2, -0.15) is 0 Å². The second kappa shape index (κ2) is 5.46.